The van der Waals surface area contributed by atoms with E-state index in [9.17, 15) is 18.0 Å². The highest BCUT2D eigenvalue weighted by atomic mass is 35.5. The first-order valence-electron chi connectivity index (χ1n) is 5.37. The predicted octanol–water partition coefficient (Wildman–Crippen LogP) is 3.86. The second-order valence-electron chi connectivity index (χ2n) is 3.74. The molecule has 1 aromatic carbocycles. The molecular formula is C13H7ClF3NO2. The number of carbonyl (C=O) groups excluding carboxylic acids is 1. The minimum Gasteiger partial charge on any atom is -0.404 e. The fourth-order valence-corrected chi connectivity index (χ4v) is 1.79. The highest BCUT2D eigenvalue weighted by molar-refractivity contribution is 6.36. The second kappa shape index (κ2) is 5.50. The van der Waals surface area contributed by atoms with Crippen LogP contribution in [0.5, 0.6) is 5.75 Å². The van der Waals surface area contributed by atoms with Gasteiger partial charge in [-0.05, 0) is 24.3 Å². The van der Waals surface area contributed by atoms with Gasteiger partial charge in [0.25, 0.3) is 0 Å². The summed E-state index contributed by atoms with van der Waals surface area (Å²) in [6, 6.07) is 6.65. The van der Waals surface area contributed by atoms with Gasteiger partial charge in [-0.25, -0.2) is 0 Å². The lowest BCUT2D eigenvalue weighted by atomic mass is 10.0. The Labute approximate surface area is 117 Å². The van der Waals surface area contributed by atoms with Gasteiger partial charge in [-0.1, -0.05) is 17.7 Å². The molecule has 104 valence electrons. The number of carbonyl (C=O) groups is 1. The lowest BCUT2D eigenvalue weighted by Crippen LogP contribution is -2.18. The number of halogens is 4. The van der Waals surface area contributed by atoms with E-state index in [-0.39, 0.29) is 11.1 Å². The van der Waals surface area contributed by atoms with Gasteiger partial charge in [0.1, 0.15) is 5.75 Å². The van der Waals surface area contributed by atoms with Gasteiger partial charge in [0, 0.05) is 23.5 Å². The summed E-state index contributed by atoms with van der Waals surface area (Å²) >= 11 is 5.79. The zero-order valence-corrected chi connectivity index (χ0v) is 10.6. The molecule has 20 heavy (non-hydrogen) atoms. The van der Waals surface area contributed by atoms with E-state index in [0.29, 0.717) is 0 Å². The number of benzene rings is 1. The maximum atomic E-state index is 12.2. The highest BCUT2D eigenvalue weighted by Crippen LogP contribution is 2.33. The van der Waals surface area contributed by atoms with E-state index in [2.05, 4.69) is 9.72 Å². The van der Waals surface area contributed by atoms with Crippen molar-refractivity contribution in [3.63, 3.8) is 0 Å². The summed E-state index contributed by atoms with van der Waals surface area (Å²) in [6.45, 7) is 0. The Morgan fingerprint density at radius 3 is 2.55 bits per heavy atom. The normalized spacial score (nSPS) is 11.2. The summed E-state index contributed by atoms with van der Waals surface area (Å²) in [6.07, 6.45) is -2.10. The molecule has 0 radical (unpaired) electrons. The summed E-state index contributed by atoms with van der Waals surface area (Å²) in [5.41, 5.74) is 0.139. The van der Waals surface area contributed by atoms with Crippen molar-refractivity contribution in [2.45, 2.75) is 6.36 Å². The van der Waals surface area contributed by atoms with Crippen LogP contribution in [0.15, 0.2) is 42.7 Å². The quantitative estimate of drug-likeness (QED) is 0.808. The molecule has 0 saturated heterocycles. The Morgan fingerprint density at radius 1 is 1.20 bits per heavy atom. The van der Waals surface area contributed by atoms with Gasteiger partial charge in [0.2, 0.25) is 0 Å². The molecule has 0 aliphatic rings. The molecule has 2 aromatic rings. The smallest absolute Gasteiger partial charge is 0.404 e. The van der Waals surface area contributed by atoms with E-state index in [1.165, 1.54) is 36.7 Å². The monoisotopic (exact) mass is 301 g/mol. The standard InChI is InChI=1S/C13H7ClF3NO2/c14-11-9(12(19)8-3-2-6-18-7-8)4-1-5-10(11)20-13(15,16)17/h1-7H. The molecule has 0 bridgehead atoms. The van der Waals surface area contributed by atoms with Crippen molar-refractivity contribution < 1.29 is 22.7 Å². The molecule has 1 aromatic heterocycles. The van der Waals surface area contributed by atoms with Crippen molar-refractivity contribution in [2.24, 2.45) is 0 Å². The first kappa shape index (κ1) is 14.3. The van der Waals surface area contributed by atoms with Crippen LogP contribution in [-0.4, -0.2) is 17.1 Å². The van der Waals surface area contributed by atoms with Crippen molar-refractivity contribution in [1.29, 1.82) is 0 Å². The summed E-state index contributed by atoms with van der Waals surface area (Å²) in [5.74, 6) is -1.15. The topological polar surface area (TPSA) is 39.2 Å². The highest BCUT2D eigenvalue weighted by Gasteiger charge is 2.32. The number of nitrogens with zero attached hydrogens (tertiary/aromatic N) is 1. The van der Waals surface area contributed by atoms with Gasteiger partial charge in [-0.3, -0.25) is 9.78 Å². The van der Waals surface area contributed by atoms with Crippen LogP contribution in [0.25, 0.3) is 0 Å². The zero-order valence-electron chi connectivity index (χ0n) is 9.82. The molecule has 0 atom stereocenters. The minimum atomic E-state index is -4.88. The number of ketones is 1. The van der Waals surface area contributed by atoms with Crippen LogP contribution in [0, 0.1) is 0 Å². The maximum absolute atomic E-state index is 12.2. The summed E-state index contributed by atoms with van der Waals surface area (Å²) in [7, 11) is 0. The first-order chi connectivity index (χ1) is 9.38. The van der Waals surface area contributed by atoms with Gasteiger partial charge in [0.05, 0.1) is 5.02 Å². The number of pyridine rings is 1. The number of aromatic nitrogens is 1. The molecule has 0 spiro atoms. The second-order valence-corrected chi connectivity index (χ2v) is 4.11. The van der Waals surface area contributed by atoms with E-state index in [1.807, 2.05) is 0 Å². The lowest BCUT2D eigenvalue weighted by Gasteiger charge is -2.12. The van der Waals surface area contributed by atoms with Crippen molar-refractivity contribution in [3.05, 3.63) is 58.9 Å². The summed E-state index contributed by atoms with van der Waals surface area (Å²) in [4.78, 5) is 15.9. The number of hydrogen-bond donors (Lipinski definition) is 0. The molecule has 0 N–H and O–H groups in total. The Hall–Kier alpha value is -2.08. The third-order valence-corrected chi connectivity index (χ3v) is 2.75. The van der Waals surface area contributed by atoms with Crippen LogP contribution >= 0.6 is 11.6 Å². The number of hydrogen-bond acceptors (Lipinski definition) is 3. The van der Waals surface area contributed by atoms with Gasteiger partial charge in [0.15, 0.2) is 5.78 Å². The summed E-state index contributed by atoms with van der Waals surface area (Å²) in [5, 5.41) is -0.390. The molecule has 0 amide bonds. The van der Waals surface area contributed by atoms with Gasteiger partial charge in [-0.15, -0.1) is 13.2 Å². The molecule has 1 heterocycles. The van der Waals surface area contributed by atoms with E-state index in [0.717, 1.165) is 6.07 Å². The number of rotatable bonds is 3. The van der Waals surface area contributed by atoms with E-state index >= 15 is 0 Å². The average Bonchev–Trinajstić information content (AvgIpc) is 2.40. The molecule has 7 heteroatoms. The third kappa shape index (κ3) is 3.27. The molecule has 2 rings (SSSR count). The van der Waals surface area contributed by atoms with Gasteiger partial charge < -0.3 is 4.74 Å². The largest absolute Gasteiger partial charge is 0.573 e. The van der Waals surface area contributed by atoms with Crippen LogP contribution < -0.4 is 4.74 Å². The third-order valence-electron chi connectivity index (χ3n) is 2.36. The zero-order chi connectivity index (χ0) is 14.8. The molecule has 0 aliphatic heterocycles. The SMILES string of the molecule is O=C(c1cccnc1)c1cccc(OC(F)(F)F)c1Cl. The van der Waals surface area contributed by atoms with Gasteiger partial charge in [-0.2, -0.15) is 0 Å². The van der Waals surface area contributed by atoms with Crippen molar-refractivity contribution >= 4 is 17.4 Å². The van der Waals surface area contributed by atoms with Gasteiger partial charge >= 0.3 is 6.36 Å². The minimum absolute atomic E-state index is 0.0820. The average molecular weight is 302 g/mol. The van der Waals surface area contributed by atoms with Crippen molar-refractivity contribution in [3.8, 4) is 5.75 Å². The molecule has 0 saturated carbocycles. The fourth-order valence-electron chi connectivity index (χ4n) is 1.54. The van der Waals surface area contributed by atoms with Crippen LogP contribution in [-0.2, 0) is 0 Å². The Kier molecular flexibility index (Phi) is 3.94. The molecule has 0 fully saturated rings. The van der Waals surface area contributed by atoms with Crippen LogP contribution in [0.3, 0.4) is 0 Å². The van der Waals surface area contributed by atoms with E-state index < -0.39 is 22.9 Å². The molecular weight excluding hydrogens is 295 g/mol. The first-order valence-corrected chi connectivity index (χ1v) is 5.75. The molecule has 0 unspecified atom stereocenters. The Morgan fingerprint density at radius 2 is 1.95 bits per heavy atom. The van der Waals surface area contributed by atoms with Crippen molar-refractivity contribution in [1.82, 2.24) is 4.98 Å². The number of ether oxygens (including phenoxy) is 1. The van der Waals surface area contributed by atoms with Crippen LogP contribution in [0.1, 0.15) is 15.9 Å². The maximum Gasteiger partial charge on any atom is 0.573 e. The van der Waals surface area contributed by atoms with E-state index in [4.69, 9.17) is 11.6 Å². The van der Waals surface area contributed by atoms with Crippen molar-refractivity contribution in [2.75, 3.05) is 0 Å². The van der Waals surface area contributed by atoms with E-state index in [1.54, 1.807) is 0 Å². The fraction of sp³-hybridized carbons (Fsp3) is 0.0769. The summed E-state index contributed by atoms with van der Waals surface area (Å²) < 4.78 is 40.4. The predicted molar refractivity (Wildman–Crippen MR) is 65.8 cm³/mol. The number of alkyl halides is 3. The Bertz CT molecular complexity index is 629. The van der Waals surface area contributed by atoms with Crippen LogP contribution in [0.2, 0.25) is 5.02 Å². The lowest BCUT2D eigenvalue weighted by molar-refractivity contribution is -0.274. The Balaban J connectivity index is 2.39. The molecule has 0 aliphatic carbocycles. The van der Waals surface area contributed by atoms with Crippen LogP contribution in [0.4, 0.5) is 13.2 Å². The molecule has 3 nitrogen and oxygen atoms in total.